The van der Waals surface area contributed by atoms with Crippen LogP contribution in [0.5, 0.6) is 0 Å². The average Bonchev–Trinajstić information content (AvgIpc) is 3.56. The molecule has 10 heteroatoms. The number of para-hydroxylation sites is 1. The number of carbonyl (C=O) groups excluding carboxylic acids is 2. The number of furan rings is 1. The molecule has 1 saturated heterocycles. The van der Waals surface area contributed by atoms with Crippen molar-refractivity contribution in [3.63, 3.8) is 0 Å². The molecule has 2 N–H and O–H groups in total. The van der Waals surface area contributed by atoms with Gasteiger partial charge in [0.05, 0.1) is 17.1 Å². The van der Waals surface area contributed by atoms with E-state index < -0.39 is 15.9 Å². The van der Waals surface area contributed by atoms with Gasteiger partial charge in [-0.25, -0.2) is 8.42 Å². The van der Waals surface area contributed by atoms with Crippen molar-refractivity contribution >= 4 is 55.7 Å². The van der Waals surface area contributed by atoms with E-state index >= 15 is 0 Å². The maximum absolute atomic E-state index is 13.1. The zero-order valence-corrected chi connectivity index (χ0v) is 21.3. The van der Waals surface area contributed by atoms with E-state index in [1.165, 1.54) is 16.4 Å². The van der Waals surface area contributed by atoms with E-state index in [-0.39, 0.29) is 28.5 Å². The Morgan fingerprint density at radius 1 is 0.946 bits per heavy atom. The number of hydrogen-bond donors (Lipinski definition) is 2. The summed E-state index contributed by atoms with van der Waals surface area (Å²) in [4.78, 5) is 26.2. The van der Waals surface area contributed by atoms with Crippen molar-refractivity contribution in [2.45, 2.75) is 17.7 Å². The number of nitrogens with zero attached hydrogens (tertiary/aromatic N) is 1. The molecule has 0 spiro atoms. The summed E-state index contributed by atoms with van der Waals surface area (Å²) in [7, 11) is -3.65. The number of hydrogen-bond acceptors (Lipinski definition) is 6. The van der Waals surface area contributed by atoms with Crippen LogP contribution >= 0.6 is 11.6 Å². The fraction of sp³-hybridized carbons (Fsp3) is 0.185. The first kappa shape index (κ1) is 25.0. The first-order valence-corrected chi connectivity index (χ1v) is 13.6. The summed E-state index contributed by atoms with van der Waals surface area (Å²) in [6.45, 7) is 0.791. The third kappa shape index (κ3) is 5.24. The number of fused-ring (bicyclic) bond motifs is 1. The normalized spacial score (nSPS) is 14.1. The number of nitrogens with one attached hydrogen (secondary N) is 2. The van der Waals surface area contributed by atoms with Gasteiger partial charge < -0.3 is 15.1 Å². The molecule has 4 aromatic rings. The Kier molecular flexibility index (Phi) is 7.01. The van der Waals surface area contributed by atoms with Crippen LogP contribution in [0.1, 0.15) is 33.8 Å². The lowest BCUT2D eigenvalue weighted by Crippen LogP contribution is -2.28. The summed E-state index contributed by atoms with van der Waals surface area (Å²) in [5.41, 5.74) is 1.60. The van der Waals surface area contributed by atoms with Crippen LogP contribution in [0.3, 0.4) is 0 Å². The minimum absolute atomic E-state index is 0.0133. The number of rotatable bonds is 8. The van der Waals surface area contributed by atoms with Gasteiger partial charge in [0.1, 0.15) is 5.58 Å². The Bertz CT molecular complexity index is 1590. The molecule has 0 atom stereocenters. The number of amides is 1. The Morgan fingerprint density at radius 3 is 2.49 bits per heavy atom. The van der Waals surface area contributed by atoms with Crippen molar-refractivity contribution in [2.75, 3.05) is 30.3 Å². The Morgan fingerprint density at radius 2 is 1.70 bits per heavy atom. The number of ketones is 1. The van der Waals surface area contributed by atoms with Crippen molar-refractivity contribution in [1.82, 2.24) is 4.31 Å². The van der Waals surface area contributed by atoms with Crippen LogP contribution in [-0.2, 0) is 10.0 Å². The van der Waals surface area contributed by atoms with Gasteiger partial charge >= 0.3 is 0 Å². The van der Waals surface area contributed by atoms with Crippen molar-refractivity contribution in [3.8, 4) is 0 Å². The molecule has 1 amide bonds. The third-order valence-electron chi connectivity index (χ3n) is 6.17. The highest BCUT2D eigenvalue weighted by Gasteiger charge is 2.28. The monoisotopic (exact) mass is 537 g/mol. The molecule has 37 heavy (non-hydrogen) atoms. The molecular weight excluding hydrogens is 514 g/mol. The minimum Gasteiger partial charge on any atom is -0.449 e. The molecule has 0 aliphatic carbocycles. The van der Waals surface area contributed by atoms with Gasteiger partial charge in [0.2, 0.25) is 15.8 Å². The van der Waals surface area contributed by atoms with E-state index in [0.29, 0.717) is 40.5 Å². The molecule has 5 rings (SSSR count). The Hall–Kier alpha value is -3.66. The average molecular weight is 538 g/mol. The maximum Gasteiger partial charge on any atom is 0.293 e. The minimum atomic E-state index is -3.65. The van der Waals surface area contributed by atoms with Gasteiger partial charge in [-0.1, -0.05) is 41.9 Å². The molecule has 1 aliphatic rings. The van der Waals surface area contributed by atoms with Crippen LogP contribution in [0, 0.1) is 0 Å². The van der Waals surface area contributed by atoms with Crippen LogP contribution in [0.15, 0.2) is 82.1 Å². The molecule has 2 heterocycles. The van der Waals surface area contributed by atoms with Crippen molar-refractivity contribution in [1.29, 1.82) is 0 Å². The molecular formula is C27H24ClN3O5S. The Balaban J connectivity index is 1.38. The van der Waals surface area contributed by atoms with Crippen LogP contribution in [0.2, 0.25) is 5.02 Å². The van der Waals surface area contributed by atoms with E-state index in [1.54, 1.807) is 60.7 Å². The highest BCUT2D eigenvalue weighted by Crippen LogP contribution is 2.32. The van der Waals surface area contributed by atoms with E-state index in [0.717, 1.165) is 12.8 Å². The molecule has 8 nitrogen and oxygen atoms in total. The second kappa shape index (κ2) is 10.4. The lowest BCUT2D eigenvalue weighted by molar-refractivity contribution is 0.0990. The number of halogens is 1. The van der Waals surface area contributed by atoms with Gasteiger partial charge in [0, 0.05) is 34.7 Å². The number of Topliss-reactive ketones (excluding diaryl/α,β-unsaturated/α-hetero) is 1. The number of carbonyl (C=O) groups is 2. The molecule has 190 valence electrons. The van der Waals surface area contributed by atoms with E-state index in [1.807, 2.05) is 0 Å². The smallest absolute Gasteiger partial charge is 0.293 e. The van der Waals surface area contributed by atoms with Crippen LogP contribution in [-0.4, -0.2) is 44.0 Å². The van der Waals surface area contributed by atoms with Gasteiger partial charge in [-0.15, -0.1) is 0 Å². The molecule has 3 aromatic carbocycles. The van der Waals surface area contributed by atoms with Crippen molar-refractivity contribution in [2.24, 2.45) is 0 Å². The topological polar surface area (TPSA) is 109 Å². The number of sulfonamides is 1. The highest BCUT2D eigenvalue weighted by molar-refractivity contribution is 7.89. The second-order valence-electron chi connectivity index (χ2n) is 8.68. The SMILES string of the molecule is O=C(CNc1c(C(=O)Nc2cccc(Cl)c2)oc2ccccc12)c1cccc(S(=O)(=O)N2CCCC2)c1. The summed E-state index contributed by atoms with van der Waals surface area (Å²) >= 11 is 6.02. The van der Waals surface area contributed by atoms with Gasteiger partial charge in [-0.2, -0.15) is 4.31 Å². The fourth-order valence-electron chi connectivity index (χ4n) is 4.31. The van der Waals surface area contributed by atoms with Gasteiger partial charge in [0.15, 0.2) is 5.78 Å². The van der Waals surface area contributed by atoms with E-state index in [4.69, 9.17) is 16.0 Å². The van der Waals surface area contributed by atoms with Crippen molar-refractivity contribution in [3.05, 3.63) is 89.1 Å². The van der Waals surface area contributed by atoms with E-state index in [2.05, 4.69) is 10.6 Å². The summed E-state index contributed by atoms with van der Waals surface area (Å²) in [6, 6.07) is 19.9. The fourth-order valence-corrected chi connectivity index (χ4v) is 6.07. The van der Waals surface area contributed by atoms with Gasteiger partial charge in [-0.05, 0) is 55.3 Å². The summed E-state index contributed by atoms with van der Waals surface area (Å²) in [6.07, 6.45) is 1.65. The lowest BCUT2D eigenvalue weighted by atomic mass is 10.1. The first-order valence-electron chi connectivity index (χ1n) is 11.8. The Labute approximate surface area is 219 Å². The molecule has 0 unspecified atom stereocenters. The summed E-state index contributed by atoms with van der Waals surface area (Å²) < 4.78 is 33.1. The zero-order valence-electron chi connectivity index (χ0n) is 19.7. The highest BCUT2D eigenvalue weighted by atomic mass is 35.5. The third-order valence-corrected chi connectivity index (χ3v) is 8.30. The molecule has 0 saturated carbocycles. The summed E-state index contributed by atoms with van der Waals surface area (Å²) in [5.74, 6) is -0.823. The first-order chi connectivity index (χ1) is 17.8. The van der Waals surface area contributed by atoms with E-state index in [9.17, 15) is 18.0 Å². The zero-order chi connectivity index (χ0) is 26.0. The van der Waals surface area contributed by atoms with Crippen LogP contribution in [0.25, 0.3) is 11.0 Å². The quantitative estimate of drug-likeness (QED) is 0.291. The second-order valence-corrected chi connectivity index (χ2v) is 11.1. The van der Waals surface area contributed by atoms with Gasteiger partial charge in [0.25, 0.3) is 5.91 Å². The summed E-state index contributed by atoms with van der Waals surface area (Å²) in [5, 5.41) is 6.90. The van der Waals surface area contributed by atoms with Gasteiger partial charge in [-0.3, -0.25) is 9.59 Å². The molecule has 1 fully saturated rings. The molecule has 1 aliphatic heterocycles. The van der Waals surface area contributed by atoms with Crippen molar-refractivity contribution < 1.29 is 22.4 Å². The van der Waals surface area contributed by atoms with Crippen LogP contribution in [0.4, 0.5) is 11.4 Å². The predicted molar refractivity (Wildman–Crippen MR) is 143 cm³/mol. The molecule has 1 aromatic heterocycles. The number of benzene rings is 3. The lowest BCUT2D eigenvalue weighted by Gasteiger charge is -2.16. The predicted octanol–water partition coefficient (Wildman–Crippen LogP) is 5.42. The largest absolute Gasteiger partial charge is 0.449 e. The maximum atomic E-state index is 13.1. The number of anilines is 2. The standard InChI is InChI=1S/C27H24ClN3O5S/c28-19-8-6-9-20(16-19)30-27(33)26-25(22-11-1-2-12-24(22)36-26)29-17-23(32)18-7-5-10-21(15-18)37(34,35)31-13-3-4-14-31/h1-2,5-12,15-16,29H,3-4,13-14,17H2,(H,30,33). The molecule has 0 radical (unpaired) electrons. The van der Waals surface area contributed by atoms with Crippen LogP contribution < -0.4 is 10.6 Å². The molecule has 0 bridgehead atoms.